The van der Waals surface area contributed by atoms with Crippen molar-refractivity contribution in [1.82, 2.24) is 16.0 Å². The molecule has 0 saturated carbocycles. The summed E-state index contributed by atoms with van der Waals surface area (Å²) in [6, 6.07) is -5.32. The van der Waals surface area contributed by atoms with Crippen molar-refractivity contribution < 1.29 is 39.0 Å². The average Bonchev–Trinajstić information content (AvgIpc) is 2.60. The lowest BCUT2D eigenvalue weighted by Gasteiger charge is -2.23. The highest BCUT2D eigenvalue weighted by Crippen LogP contribution is 2.01. The first-order valence-corrected chi connectivity index (χ1v) is 9.02. The Labute approximate surface area is 171 Å². The lowest BCUT2D eigenvalue weighted by atomic mass is 10.1. The fourth-order valence-corrected chi connectivity index (χ4v) is 2.23. The number of carboxylic acids is 2. The van der Waals surface area contributed by atoms with Gasteiger partial charge in [0.2, 0.25) is 23.6 Å². The highest BCUT2D eigenvalue weighted by molar-refractivity contribution is 7.80. The van der Waals surface area contributed by atoms with Crippen LogP contribution in [0.2, 0.25) is 0 Å². The first-order valence-electron chi connectivity index (χ1n) is 8.39. The van der Waals surface area contributed by atoms with Crippen LogP contribution in [0.1, 0.15) is 26.2 Å². The van der Waals surface area contributed by atoms with E-state index in [0.717, 1.165) is 0 Å². The normalized spacial score (nSPS) is 14.6. The summed E-state index contributed by atoms with van der Waals surface area (Å²) in [5.41, 5.74) is 10.3. The van der Waals surface area contributed by atoms with Gasteiger partial charge in [-0.25, -0.2) is 4.79 Å². The van der Waals surface area contributed by atoms with Gasteiger partial charge < -0.3 is 37.6 Å². The van der Waals surface area contributed by atoms with Crippen LogP contribution in [0.5, 0.6) is 0 Å². The molecule has 0 aromatic heterocycles. The number of carboxylic acid groups (broad SMARTS) is 2. The Morgan fingerprint density at radius 2 is 1.38 bits per heavy atom. The number of thiol groups is 1. The minimum atomic E-state index is -1.52. The molecule has 29 heavy (non-hydrogen) atoms. The van der Waals surface area contributed by atoms with E-state index in [9.17, 15) is 28.8 Å². The van der Waals surface area contributed by atoms with Gasteiger partial charge in [-0.2, -0.15) is 12.6 Å². The summed E-state index contributed by atoms with van der Waals surface area (Å²) in [6.07, 6.45) is -1.34. The van der Waals surface area contributed by atoms with Crippen LogP contribution in [0.3, 0.4) is 0 Å². The predicted octanol–water partition coefficient (Wildman–Crippen LogP) is -3.46. The maximum Gasteiger partial charge on any atom is 0.326 e. The summed E-state index contributed by atoms with van der Waals surface area (Å²) in [7, 11) is 0. The van der Waals surface area contributed by atoms with E-state index in [-0.39, 0.29) is 18.6 Å². The number of rotatable bonds is 13. The molecule has 0 aromatic rings. The third kappa shape index (κ3) is 10.3. The molecular weight excluding hydrogens is 410 g/mol. The molecule has 0 rings (SSSR count). The summed E-state index contributed by atoms with van der Waals surface area (Å²) in [4.78, 5) is 69.2. The number of amides is 4. The van der Waals surface area contributed by atoms with E-state index in [1.165, 1.54) is 6.92 Å². The SMILES string of the molecule is CC(N)C(=O)NC(CC(=O)O)C(=O)NC(CS)C(=O)NC(CCC(N)=O)C(=O)O. The number of carbonyl (C=O) groups is 6. The lowest BCUT2D eigenvalue weighted by Crippen LogP contribution is -2.57. The van der Waals surface area contributed by atoms with E-state index < -0.39 is 66.2 Å². The first-order chi connectivity index (χ1) is 13.4. The Morgan fingerprint density at radius 1 is 0.897 bits per heavy atom. The van der Waals surface area contributed by atoms with Gasteiger partial charge in [-0.05, 0) is 13.3 Å². The molecule has 9 N–H and O–H groups in total. The molecule has 0 fully saturated rings. The zero-order valence-electron chi connectivity index (χ0n) is 15.6. The van der Waals surface area contributed by atoms with Gasteiger partial charge >= 0.3 is 11.9 Å². The summed E-state index contributed by atoms with van der Waals surface area (Å²) in [6.45, 7) is 1.33. The molecule has 13 nitrogen and oxygen atoms in total. The van der Waals surface area contributed by atoms with E-state index in [1.807, 2.05) is 0 Å². The summed E-state index contributed by atoms with van der Waals surface area (Å²) < 4.78 is 0. The molecule has 4 amide bonds. The maximum atomic E-state index is 12.3. The van der Waals surface area contributed by atoms with Crippen LogP contribution in [-0.4, -0.2) is 75.7 Å². The molecule has 0 bridgehead atoms. The smallest absolute Gasteiger partial charge is 0.326 e. The second-order valence-corrected chi connectivity index (χ2v) is 6.46. The Balaban J connectivity index is 5.16. The van der Waals surface area contributed by atoms with Crippen molar-refractivity contribution in [2.24, 2.45) is 11.5 Å². The molecule has 0 aliphatic heterocycles. The molecule has 0 radical (unpaired) electrons. The van der Waals surface area contributed by atoms with Crippen LogP contribution in [-0.2, 0) is 28.8 Å². The van der Waals surface area contributed by atoms with Crippen molar-refractivity contribution in [3.8, 4) is 0 Å². The molecule has 0 aliphatic rings. The average molecular weight is 435 g/mol. The van der Waals surface area contributed by atoms with Crippen molar-refractivity contribution in [3.05, 3.63) is 0 Å². The Hall–Kier alpha value is -2.87. The highest BCUT2D eigenvalue weighted by atomic mass is 32.1. The number of hydrogen-bond acceptors (Lipinski definition) is 8. The Kier molecular flexibility index (Phi) is 11.3. The van der Waals surface area contributed by atoms with Gasteiger partial charge in [0.05, 0.1) is 12.5 Å². The van der Waals surface area contributed by atoms with E-state index in [4.69, 9.17) is 21.7 Å². The first kappa shape index (κ1) is 26.1. The van der Waals surface area contributed by atoms with Gasteiger partial charge in [0, 0.05) is 12.2 Å². The minimum absolute atomic E-state index is 0.263. The van der Waals surface area contributed by atoms with Gasteiger partial charge in [-0.3, -0.25) is 24.0 Å². The highest BCUT2D eigenvalue weighted by Gasteiger charge is 2.30. The molecule has 0 heterocycles. The van der Waals surface area contributed by atoms with Crippen LogP contribution in [0.25, 0.3) is 0 Å². The fraction of sp³-hybridized carbons (Fsp3) is 0.600. The lowest BCUT2D eigenvalue weighted by molar-refractivity contribution is -0.143. The molecule has 14 heteroatoms. The van der Waals surface area contributed by atoms with Crippen LogP contribution >= 0.6 is 12.6 Å². The van der Waals surface area contributed by atoms with Crippen LogP contribution in [0, 0.1) is 0 Å². The van der Waals surface area contributed by atoms with Gasteiger partial charge in [0.1, 0.15) is 18.1 Å². The van der Waals surface area contributed by atoms with Crippen molar-refractivity contribution in [1.29, 1.82) is 0 Å². The maximum absolute atomic E-state index is 12.3. The van der Waals surface area contributed by atoms with Gasteiger partial charge in [0.15, 0.2) is 0 Å². The molecule has 164 valence electrons. The largest absolute Gasteiger partial charge is 0.481 e. The summed E-state index contributed by atoms with van der Waals surface area (Å²) >= 11 is 3.91. The van der Waals surface area contributed by atoms with Crippen LogP contribution < -0.4 is 27.4 Å². The molecule has 0 saturated heterocycles. The Morgan fingerprint density at radius 3 is 1.79 bits per heavy atom. The van der Waals surface area contributed by atoms with Crippen molar-refractivity contribution in [2.75, 3.05) is 5.75 Å². The van der Waals surface area contributed by atoms with Crippen LogP contribution in [0.15, 0.2) is 0 Å². The third-order valence-electron chi connectivity index (χ3n) is 3.53. The summed E-state index contributed by atoms with van der Waals surface area (Å²) in [5, 5.41) is 24.5. The standard InChI is InChI=1S/C15H25N5O8S/c1-6(16)12(24)19-8(4-11(22)23)13(25)20-9(5-29)14(26)18-7(15(27)28)2-3-10(17)21/h6-9,29H,2-5,16H2,1H3,(H2,17,21)(H,18,26)(H,19,24)(H,20,25)(H,22,23)(H,27,28). The second-order valence-electron chi connectivity index (χ2n) is 6.10. The Bertz CT molecular complexity index is 657. The van der Waals surface area contributed by atoms with Gasteiger partial charge in [0.25, 0.3) is 0 Å². The zero-order valence-corrected chi connectivity index (χ0v) is 16.5. The van der Waals surface area contributed by atoms with Crippen molar-refractivity contribution in [3.63, 3.8) is 0 Å². The zero-order chi connectivity index (χ0) is 22.7. The number of primary amides is 1. The predicted molar refractivity (Wildman–Crippen MR) is 102 cm³/mol. The van der Waals surface area contributed by atoms with E-state index in [2.05, 4.69) is 28.6 Å². The monoisotopic (exact) mass is 435 g/mol. The third-order valence-corrected chi connectivity index (χ3v) is 3.90. The molecule has 0 spiro atoms. The van der Waals surface area contributed by atoms with Crippen molar-refractivity contribution in [2.45, 2.75) is 50.4 Å². The second kappa shape index (κ2) is 12.6. The molecular formula is C15H25N5O8S. The van der Waals surface area contributed by atoms with Gasteiger partial charge in [-0.15, -0.1) is 0 Å². The number of aliphatic carboxylic acids is 2. The van der Waals surface area contributed by atoms with E-state index >= 15 is 0 Å². The van der Waals surface area contributed by atoms with E-state index in [0.29, 0.717) is 0 Å². The van der Waals surface area contributed by atoms with Crippen LogP contribution in [0.4, 0.5) is 0 Å². The van der Waals surface area contributed by atoms with Crippen molar-refractivity contribution >= 4 is 48.2 Å². The number of nitrogens with one attached hydrogen (secondary N) is 3. The number of carbonyl (C=O) groups excluding carboxylic acids is 4. The number of hydrogen-bond donors (Lipinski definition) is 8. The number of nitrogens with two attached hydrogens (primary N) is 2. The molecule has 4 atom stereocenters. The quantitative estimate of drug-likeness (QED) is 0.134. The van der Waals surface area contributed by atoms with E-state index in [1.54, 1.807) is 0 Å². The minimum Gasteiger partial charge on any atom is -0.481 e. The molecule has 0 aromatic carbocycles. The summed E-state index contributed by atoms with van der Waals surface area (Å²) in [5.74, 6) is -6.55. The fourth-order valence-electron chi connectivity index (χ4n) is 1.97. The molecule has 0 aliphatic carbocycles. The topological polar surface area (TPSA) is 231 Å². The van der Waals surface area contributed by atoms with Gasteiger partial charge in [-0.1, -0.05) is 0 Å². The molecule has 4 unspecified atom stereocenters.